The molecule has 0 radical (unpaired) electrons. The summed E-state index contributed by atoms with van der Waals surface area (Å²) in [7, 11) is -4.83. The molecule has 0 bridgehead atoms. The van der Waals surface area contributed by atoms with Gasteiger partial charge in [0.2, 0.25) is 10.0 Å². The fourth-order valence-electron chi connectivity index (χ4n) is 2.77. The Morgan fingerprint density at radius 3 is 2.00 bits per heavy atom. The highest BCUT2D eigenvalue weighted by molar-refractivity contribution is 7.92. The maximum absolute atomic E-state index is 12.7. The van der Waals surface area contributed by atoms with Gasteiger partial charge in [-0.3, -0.25) is 13.9 Å². The van der Waals surface area contributed by atoms with Crippen molar-refractivity contribution >= 4 is 41.5 Å². The van der Waals surface area contributed by atoms with E-state index in [9.17, 15) is 13.2 Å². The van der Waals surface area contributed by atoms with E-state index in [0.717, 1.165) is 10.6 Å². The van der Waals surface area contributed by atoms with Gasteiger partial charge < -0.3 is 9.16 Å². The van der Waals surface area contributed by atoms with Crippen LogP contribution in [-0.2, 0) is 24.1 Å². The largest absolute Gasteiger partial charge is 0.457 e. The van der Waals surface area contributed by atoms with Crippen molar-refractivity contribution in [1.82, 2.24) is 5.48 Å². The lowest BCUT2D eigenvalue weighted by atomic mass is 10.2. The molecule has 0 heterocycles. The SMILES string of the molecule is CONC(=O)[C@H](CN(c1ccc(Oc2ccc(Cl)cc2)cc1)S(C)(=O)=O)O[Si](C)(C)C(C)(C)C. The van der Waals surface area contributed by atoms with Gasteiger partial charge in [0.25, 0.3) is 5.91 Å². The maximum atomic E-state index is 12.7. The first kappa shape index (κ1) is 28.1. The molecule has 0 aromatic heterocycles. The lowest BCUT2D eigenvalue weighted by Crippen LogP contribution is -2.53. The van der Waals surface area contributed by atoms with Crippen LogP contribution in [0.3, 0.4) is 0 Å². The van der Waals surface area contributed by atoms with Crippen molar-refractivity contribution in [3.63, 3.8) is 0 Å². The average molecular weight is 529 g/mol. The molecule has 0 aliphatic carbocycles. The summed E-state index contributed by atoms with van der Waals surface area (Å²) in [4.78, 5) is 17.5. The van der Waals surface area contributed by atoms with Gasteiger partial charge in [0.15, 0.2) is 8.32 Å². The van der Waals surface area contributed by atoms with Crippen LogP contribution in [0.4, 0.5) is 5.69 Å². The summed E-state index contributed by atoms with van der Waals surface area (Å²) in [6.07, 6.45) is 0.0171. The Hall–Kier alpha value is -2.11. The normalized spacial score (nSPS) is 13.3. The van der Waals surface area contributed by atoms with E-state index in [2.05, 4.69) is 5.48 Å². The molecule has 1 atom stereocenters. The number of ether oxygens (including phenoxy) is 1. The fraction of sp³-hybridized carbons (Fsp3) is 0.435. The topological polar surface area (TPSA) is 94.2 Å². The molecule has 0 spiro atoms. The van der Waals surface area contributed by atoms with Crippen molar-refractivity contribution in [3.8, 4) is 11.5 Å². The average Bonchev–Trinajstić information content (AvgIpc) is 2.72. The zero-order chi connectivity index (χ0) is 25.7. The predicted octanol–water partition coefficient (Wildman–Crippen LogP) is 4.97. The molecule has 0 aliphatic heterocycles. The quantitative estimate of drug-likeness (QED) is 0.346. The summed E-state index contributed by atoms with van der Waals surface area (Å²) in [5, 5.41) is 0.410. The molecule has 0 saturated heterocycles. The van der Waals surface area contributed by atoms with Crippen molar-refractivity contribution < 1.29 is 27.2 Å². The smallest absolute Gasteiger partial charge is 0.273 e. The van der Waals surface area contributed by atoms with Gasteiger partial charge in [-0.25, -0.2) is 13.9 Å². The van der Waals surface area contributed by atoms with Gasteiger partial charge in [-0.15, -0.1) is 0 Å². The van der Waals surface area contributed by atoms with E-state index < -0.39 is 30.4 Å². The van der Waals surface area contributed by atoms with E-state index in [4.69, 9.17) is 25.6 Å². The Bertz CT molecular complexity index is 1070. The number of hydrogen-bond donors (Lipinski definition) is 1. The van der Waals surface area contributed by atoms with Crippen LogP contribution in [0.2, 0.25) is 23.2 Å². The first-order chi connectivity index (χ1) is 15.6. The Morgan fingerprint density at radius 1 is 1.06 bits per heavy atom. The molecule has 0 aliphatic rings. The molecule has 0 fully saturated rings. The standard InChI is InChI=1S/C23H33ClN2O6SSi/c1-23(2,3)34(6,7)32-21(22(27)25-30-4)16-26(33(5,28)29)18-10-14-20(15-11-18)31-19-12-8-17(24)9-13-19/h8-15,21H,16H2,1-7H3,(H,25,27)/t21-/m0/s1. The Labute approximate surface area is 208 Å². The summed E-state index contributed by atoms with van der Waals surface area (Å²) in [6, 6.07) is 13.4. The van der Waals surface area contributed by atoms with Crippen LogP contribution in [0.25, 0.3) is 0 Å². The van der Waals surface area contributed by atoms with Crippen molar-refractivity contribution in [3.05, 3.63) is 53.6 Å². The minimum Gasteiger partial charge on any atom is -0.457 e. The Balaban J connectivity index is 2.32. The number of hydroxylamine groups is 1. The zero-order valence-electron chi connectivity index (χ0n) is 20.6. The third-order valence-corrected chi connectivity index (χ3v) is 11.5. The highest BCUT2D eigenvalue weighted by atomic mass is 35.5. The molecule has 34 heavy (non-hydrogen) atoms. The van der Waals surface area contributed by atoms with Crippen molar-refractivity contribution in [2.24, 2.45) is 0 Å². The lowest BCUT2D eigenvalue weighted by molar-refractivity contribution is -0.138. The summed E-state index contributed by atoms with van der Waals surface area (Å²) < 4.78 is 38.6. The van der Waals surface area contributed by atoms with Gasteiger partial charge >= 0.3 is 0 Å². The second-order valence-corrected chi connectivity index (χ2v) is 16.5. The lowest BCUT2D eigenvalue weighted by Gasteiger charge is -2.39. The van der Waals surface area contributed by atoms with Gasteiger partial charge in [-0.2, -0.15) is 0 Å². The molecule has 1 amide bonds. The van der Waals surface area contributed by atoms with E-state index in [1.165, 1.54) is 7.11 Å². The van der Waals surface area contributed by atoms with E-state index >= 15 is 0 Å². The number of benzene rings is 2. The van der Waals surface area contributed by atoms with Crippen molar-refractivity contribution in [2.45, 2.75) is 45.0 Å². The molecule has 8 nitrogen and oxygen atoms in total. The Morgan fingerprint density at radius 2 is 1.56 bits per heavy atom. The molecule has 0 unspecified atom stereocenters. The maximum Gasteiger partial charge on any atom is 0.273 e. The fourth-order valence-corrected chi connectivity index (χ4v) is 5.06. The minimum absolute atomic E-state index is 0.185. The molecule has 11 heteroatoms. The van der Waals surface area contributed by atoms with E-state index in [0.29, 0.717) is 22.2 Å². The van der Waals surface area contributed by atoms with Crippen molar-refractivity contribution in [2.75, 3.05) is 24.2 Å². The molecular weight excluding hydrogens is 496 g/mol. The van der Waals surface area contributed by atoms with Crippen LogP contribution >= 0.6 is 11.6 Å². The second kappa shape index (κ2) is 11.1. The first-order valence-corrected chi connectivity index (χ1v) is 15.8. The number of nitrogens with one attached hydrogen (secondary N) is 1. The van der Waals surface area contributed by atoms with Gasteiger partial charge in [-0.1, -0.05) is 32.4 Å². The zero-order valence-corrected chi connectivity index (χ0v) is 23.2. The van der Waals surface area contributed by atoms with E-state index in [1.54, 1.807) is 48.5 Å². The number of carbonyl (C=O) groups is 1. The number of hydrogen-bond acceptors (Lipinski definition) is 6. The third kappa shape index (κ3) is 7.71. The van der Waals surface area contributed by atoms with Crippen LogP contribution in [0.1, 0.15) is 20.8 Å². The van der Waals surface area contributed by atoms with Crippen LogP contribution in [0.5, 0.6) is 11.5 Å². The minimum atomic E-state index is -3.74. The van der Waals surface area contributed by atoms with Crippen LogP contribution < -0.4 is 14.5 Å². The highest BCUT2D eigenvalue weighted by Crippen LogP contribution is 2.37. The summed E-state index contributed by atoms with van der Waals surface area (Å²) in [6.45, 7) is 9.90. The number of sulfonamides is 1. The number of halogens is 1. The molecule has 0 saturated carbocycles. The molecule has 2 rings (SSSR count). The number of anilines is 1. The van der Waals surface area contributed by atoms with Gasteiger partial charge in [0.05, 0.1) is 25.6 Å². The van der Waals surface area contributed by atoms with Gasteiger partial charge in [0, 0.05) is 5.02 Å². The van der Waals surface area contributed by atoms with E-state index in [1.807, 2.05) is 33.9 Å². The molecular formula is C23H33ClN2O6SSi. The molecule has 2 aromatic carbocycles. The van der Waals surface area contributed by atoms with Gasteiger partial charge in [-0.05, 0) is 66.7 Å². The predicted molar refractivity (Wildman–Crippen MR) is 137 cm³/mol. The summed E-state index contributed by atoms with van der Waals surface area (Å²) in [5.41, 5.74) is 2.65. The highest BCUT2D eigenvalue weighted by Gasteiger charge is 2.42. The summed E-state index contributed by atoms with van der Waals surface area (Å²) >= 11 is 5.90. The van der Waals surface area contributed by atoms with Crippen molar-refractivity contribution in [1.29, 1.82) is 0 Å². The number of amides is 1. The van der Waals surface area contributed by atoms with Crippen LogP contribution in [-0.4, -0.2) is 48.7 Å². The first-order valence-electron chi connectivity index (χ1n) is 10.7. The second-order valence-electron chi connectivity index (χ2n) is 9.38. The number of carbonyl (C=O) groups excluding carboxylic acids is 1. The summed E-state index contributed by atoms with van der Waals surface area (Å²) in [5.74, 6) is 0.561. The molecule has 1 N–H and O–H groups in total. The van der Waals surface area contributed by atoms with Crippen LogP contribution in [0.15, 0.2) is 48.5 Å². The Kier molecular flexibility index (Phi) is 9.17. The number of rotatable bonds is 10. The number of nitrogens with zero attached hydrogens (tertiary/aromatic N) is 1. The molecule has 188 valence electrons. The molecule has 2 aromatic rings. The van der Waals surface area contributed by atoms with Crippen LogP contribution in [0, 0.1) is 0 Å². The third-order valence-electron chi connectivity index (χ3n) is 5.64. The monoisotopic (exact) mass is 528 g/mol. The van der Waals surface area contributed by atoms with E-state index in [-0.39, 0.29) is 11.6 Å². The van der Waals surface area contributed by atoms with Gasteiger partial charge in [0.1, 0.15) is 17.6 Å².